The Bertz CT molecular complexity index is 986. The zero-order chi connectivity index (χ0) is 20.2. The van der Waals surface area contributed by atoms with Crippen molar-refractivity contribution in [3.05, 3.63) is 29.3 Å². The Hall–Kier alpha value is -2.23. The summed E-state index contributed by atoms with van der Waals surface area (Å²) in [5.74, 6) is 0.804. The Kier molecular flexibility index (Phi) is 6.27. The predicted molar refractivity (Wildman–Crippen MR) is 120 cm³/mol. The maximum absolute atomic E-state index is 12.6. The molecule has 1 saturated heterocycles. The third-order valence-corrected chi connectivity index (χ3v) is 6.70. The summed E-state index contributed by atoms with van der Waals surface area (Å²) in [6.07, 6.45) is 1.02. The Labute approximate surface area is 178 Å². The SMILES string of the molecule is CCOc1ccc2nc(NC(=O)CN3CCCN(c4nc(C)cs4)CC3)sc2c1. The van der Waals surface area contributed by atoms with E-state index in [1.807, 2.05) is 32.0 Å². The van der Waals surface area contributed by atoms with Gasteiger partial charge in [-0.15, -0.1) is 11.3 Å². The number of thiazole rings is 2. The second-order valence-electron chi connectivity index (χ2n) is 7.02. The third-order valence-electron chi connectivity index (χ3n) is 4.75. The van der Waals surface area contributed by atoms with Crippen LogP contribution in [0.3, 0.4) is 0 Å². The van der Waals surface area contributed by atoms with Crippen molar-refractivity contribution < 1.29 is 9.53 Å². The van der Waals surface area contributed by atoms with Gasteiger partial charge in [-0.05, 0) is 38.5 Å². The van der Waals surface area contributed by atoms with Gasteiger partial charge in [0.15, 0.2) is 10.3 Å². The minimum Gasteiger partial charge on any atom is -0.494 e. The predicted octanol–water partition coefficient (Wildman–Crippen LogP) is 3.61. The molecular formula is C20H25N5O2S2. The summed E-state index contributed by atoms with van der Waals surface area (Å²) in [6.45, 7) is 8.62. The van der Waals surface area contributed by atoms with Crippen LogP contribution in [0.1, 0.15) is 19.0 Å². The van der Waals surface area contributed by atoms with Crippen LogP contribution in [0, 0.1) is 6.92 Å². The molecule has 4 rings (SSSR count). The smallest absolute Gasteiger partial charge is 0.240 e. The number of anilines is 2. The van der Waals surface area contributed by atoms with Gasteiger partial charge in [-0.25, -0.2) is 9.97 Å². The summed E-state index contributed by atoms with van der Waals surface area (Å²) in [4.78, 5) is 26.2. The number of carbonyl (C=O) groups excluding carboxylic acids is 1. The minimum atomic E-state index is -0.0207. The van der Waals surface area contributed by atoms with Crippen molar-refractivity contribution in [1.82, 2.24) is 14.9 Å². The van der Waals surface area contributed by atoms with Crippen LogP contribution < -0.4 is 15.0 Å². The fraction of sp³-hybridized carbons (Fsp3) is 0.450. The minimum absolute atomic E-state index is 0.0207. The molecule has 1 N–H and O–H groups in total. The van der Waals surface area contributed by atoms with E-state index in [0.29, 0.717) is 18.3 Å². The van der Waals surface area contributed by atoms with Crippen LogP contribution >= 0.6 is 22.7 Å². The van der Waals surface area contributed by atoms with Crippen molar-refractivity contribution in [3.8, 4) is 5.75 Å². The van der Waals surface area contributed by atoms with E-state index in [9.17, 15) is 4.79 Å². The van der Waals surface area contributed by atoms with Crippen LogP contribution in [-0.2, 0) is 4.79 Å². The number of carbonyl (C=O) groups is 1. The third kappa shape index (κ3) is 5.04. The van der Waals surface area contributed by atoms with Crippen LogP contribution in [0.4, 0.5) is 10.3 Å². The normalized spacial score (nSPS) is 15.4. The van der Waals surface area contributed by atoms with Gasteiger partial charge in [0, 0.05) is 31.6 Å². The maximum Gasteiger partial charge on any atom is 0.240 e. The number of hydrogen-bond acceptors (Lipinski definition) is 8. The highest BCUT2D eigenvalue weighted by molar-refractivity contribution is 7.22. The first-order valence-corrected chi connectivity index (χ1v) is 11.5. The summed E-state index contributed by atoms with van der Waals surface area (Å²) >= 11 is 3.16. The van der Waals surface area contributed by atoms with Crippen molar-refractivity contribution in [2.45, 2.75) is 20.3 Å². The summed E-state index contributed by atoms with van der Waals surface area (Å²) in [5, 5.41) is 6.75. The number of hydrogen-bond donors (Lipinski definition) is 1. The van der Waals surface area contributed by atoms with E-state index in [-0.39, 0.29) is 5.91 Å². The average Bonchev–Trinajstić information content (AvgIpc) is 3.22. The quantitative estimate of drug-likeness (QED) is 0.643. The molecule has 0 radical (unpaired) electrons. The maximum atomic E-state index is 12.6. The van der Waals surface area contributed by atoms with Crippen LogP contribution in [0.25, 0.3) is 10.2 Å². The molecule has 1 aliphatic heterocycles. The van der Waals surface area contributed by atoms with Gasteiger partial charge < -0.3 is 15.0 Å². The van der Waals surface area contributed by atoms with Crippen LogP contribution in [-0.4, -0.2) is 60.1 Å². The van der Waals surface area contributed by atoms with Gasteiger partial charge >= 0.3 is 0 Å². The number of rotatable bonds is 6. The van der Waals surface area contributed by atoms with Crippen molar-refractivity contribution in [1.29, 1.82) is 0 Å². The molecule has 0 saturated carbocycles. The Morgan fingerprint density at radius 2 is 2.14 bits per heavy atom. The Balaban J connectivity index is 1.33. The lowest BCUT2D eigenvalue weighted by Gasteiger charge is -2.20. The van der Waals surface area contributed by atoms with Gasteiger partial charge in [0.25, 0.3) is 0 Å². The van der Waals surface area contributed by atoms with Crippen molar-refractivity contribution in [2.24, 2.45) is 0 Å². The number of aryl methyl sites for hydroxylation is 1. The number of ether oxygens (including phenoxy) is 1. The topological polar surface area (TPSA) is 70.6 Å². The van der Waals surface area contributed by atoms with Gasteiger partial charge in [0.1, 0.15) is 5.75 Å². The molecule has 2 aromatic heterocycles. The molecule has 9 heteroatoms. The molecule has 154 valence electrons. The van der Waals surface area contributed by atoms with Crippen molar-refractivity contribution in [2.75, 3.05) is 49.5 Å². The Morgan fingerprint density at radius 3 is 2.93 bits per heavy atom. The van der Waals surface area contributed by atoms with E-state index in [1.165, 1.54) is 11.3 Å². The molecule has 3 heterocycles. The number of amides is 1. The largest absolute Gasteiger partial charge is 0.494 e. The summed E-state index contributed by atoms with van der Waals surface area (Å²) in [7, 11) is 0. The lowest BCUT2D eigenvalue weighted by Crippen LogP contribution is -2.36. The molecule has 7 nitrogen and oxygen atoms in total. The van der Waals surface area contributed by atoms with E-state index in [0.717, 1.165) is 59.4 Å². The van der Waals surface area contributed by atoms with Gasteiger partial charge in [-0.2, -0.15) is 0 Å². The molecule has 0 unspecified atom stereocenters. The molecule has 0 bridgehead atoms. The first-order chi connectivity index (χ1) is 14.1. The average molecular weight is 432 g/mol. The monoisotopic (exact) mass is 431 g/mol. The molecule has 29 heavy (non-hydrogen) atoms. The van der Waals surface area contributed by atoms with Gasteiger partial charge in [-0.1, -0.05) is 11.3 Å². The summed E-state index contributed by atoms with van der Waals surface area (Å²) in [6, 6.07) is 5.80. The standard InChI is InChI=1S/C20H25N5O2S2/c1-3-27-15-5-6-16-17(11-15)29-19(22-16)23-18(26)12-24-7-4-8-25(10-9-24)20-21-14(2)13-28-20/h5-6,11,13H,3-4,7-10,12H2,1-2H3,(H,22,23,26). The number of aromatic nitrogens is 2. The molecule has 0 atom stereocenters. The van der Waals surface area contributed by atoms with E-state index >= 15 is 0 Å². The summed E-state index contributed by atoms with van der Waals surface area (Å²) < 4.78 is 6.55. The molecule has 1 amide bonds. The summed E-state index contributed by atoms with van der Waals surface area (Å²) in [5.41, 5.74) is 1.94. The lowest BCUT2D eigenvalue weighted by molar-refractivity contribution is -0.117. The van der Waals surface area contributed by atoms with Gasteiger partial charge in [-0.3, -0.25) is 9.69 Å². The molecule has 1 aliphatic rings. The van der Waals surface area contributed by atoms with E-state index in [2.05, 4.69) is 30.5 Å². The van der Waals surface area contributed by atoms with E-state index in [4.69, 9.17) is 4.74 Å². The molecule has 1 fully saturated rings. The fourth-order valence-electron chi connectivity index (χ4n) is 3.38. The highest BCUT2D eigenvalue weighted by Crippen LogP contribution is 2.29. The van der Waals surface area contributed by atoms with Crippen LogP contribution in [0.15, 0.2) is 23.6 Å². The zero-order valence-corrected chi connectivity index (χ0v) is 18.3. The lowest BCUT2D eigenvalue weighted by atomic mass is 10.3. The fourth-order valence-corrected chi connectivity index (χ4v) is 5.15. The van der Waals surface area contributed by atoms with E-state index in [1.54, 1.807) is 11.3 Å². The zero-order valence-electron chi connectivity index (χ0n) is 16.7. The van der Waals surface area contributed by atoms with E-state index < -0.39 is 0 Å². The van der Waals surface area contributed by atoms with Gasteiger partial charge in [0.05, 0.1) is 29.1 Å². The van der Waals surface area contributed by atoms with Crippen molar-refractivity contribution in [3.63, 3.8) is 0 Å². The molecular weight excluding hydrogens is 406 g/mol. The van der Waals surface area contributed by atoms with Crippen LogP contribution in [0.5, 0.6) is 5.75 Å². The van der Waals surface area contributed by atoms with Gasteiger partial charge in [0.2, 0.25) is 5.91 Å². The molecule has 3 aromatic rings. The first-order valence-electron chi connectivity index (χ1n) is 9.83. The van der Waals surface area contributed by atoms with Crippen molar-refractivity contribution >= 4 is 49.1 Å². The number of nitrogens with zero attached hydrogens (tertiary/aromatic N) is 4. The number of fused-ring (bicyclic) bond motifs is 1. The second kappa shape index (κ2) is 9.06. The molecule has 1 aromatic carbocycles. The molecule has 0 aliphatic carbocycles. The highest BCUT2D eigenvalue weighted by atomic mass is 32.1. The second-order valence-corrected chi connectivity index (χ2v) is 8.89. The number of benzene rings is 1. The first kappa shape index (κ1) is 20.1. The number of nitrogens with one attached hydrogen (secondary N) is 1. The Morgan fingerprint density at radius 1 is 1.24 bits per heavy atom. The van der Waals surface area contributed by atoms with Crippen LogP contribution in [0.2, 0.25) is 0 Å². The molecule has 0 spiro atoms. The highest BCUT2D eigenvalue weighted by Gasteiger charge is 2.19.